The van der Waals surface area contributed by atoms with Crippen LogP contribution in [0, 0.1) is 13.8 Å². The van der Waals surface area contributed by atoms with E-state index in [1.165, 1.54) is 68.5 Å². The zero-order valence-electron chi connectivity index (χ0n) is 33.0. The largest absolute Gasteiger partial charge is 1.00 e. The van der Waals surface area contributed by atoms with Crippen molar-refractivity contribution in [3.63, 3.8) is 0 Å². The van der Waals surface area contributed by atoms with Crippen molar-refractivity contribution in [3.05, 3.63) is 222 Å². The van der Waals surface area contributed by atoms with Gasteiger partial charge in [-0.25, -0.2) is 0 Å². The van der Waals surface area contributed by atoms with Crippen LogP contribution >= 0.6 is 0 Å². The summed E-state index contributed by atoms with van der Waals surface area (Å²) in [6.07, 6.45) is 16.1. The van der Waals surface area contributed by atoms with Crippen LogP contribution in [0.1, 0.15) is 91.0 Å². The Kier molecular flexibility index (Phi) is 14.6. The maximum atomic E-state index is 2.65. The van der Waals surface area contributed by atoms with E-state index in [1.807, 2.05) is 3.21 Å². The van der Waals surface area contributed by atoms with Gasteiger partial charge in [0.25, 0.3) is 0 Å². The Hall–Kier alpha value is -3.87. The van der Waals surface area contributed by atoms with Gasteiger partial charge in [0.2, 0.25) is 0 Å². The molecule has 0 saturated carbocycles. The summed E-state index contributed by atoms with van der Waals surface area (Å²) in [6.45, 7) is 7.19. The molecule has 1 atom stereocenters. The van der Waals surface area contributed by atoms with Crippen LogP contribution in [0.4, 0.5) is 0 Å². The monoisotopic (exact) mass is 848 g/mol. The van der Waals surface area contributed by atoms with E-state index in [-0.39, 0.29) is 24.8 Å². The molecule has 0 saturated heterocycles. The zero-order chi connectivity index (χ0) is 36.9. The SMILES string of the molecule is CCCCc1c(C)c(Cc2ccccc2)cc2c1[CH]([Zr+2]([C]1=CC=CC1)=[C](Cc1ccccc1)Cc1ccccc1)c1cc(C)c(Cc3ccccc3)cc1-2.[Cl-].[Cl-]. The van der Waals surface area contributed by atoms with Crippen molar-refractivity contribution >= 4 is 3.21 Å². The van der Waals surface area contributed by atoms with Gasteiger partial charge in [0, 0.05) is 0 Å². The molecule has 0 bridgehead atoms. The van der Waals surface area contributed by atoms with E-state index in [1.54, 1.807) is 20.0 Å². The van der Waals surface area contributed by atoms with Crippen molar-refractivity contribution in [1.82, 2.24) is 0 Å². The van der Waals surface area contributed by atoms with E-state index in [0.717, 1.165) is 38.5 Å². The minimum Gasteiger partial charge on any atom is -1.00 e. The Bertz CT molecular complexity index is 2300. The van der Waals surface area contributed by atoms with Gasteiger partial charge in [-0.2, -0.15) is 0 Å². The molecule has 6 aromatic carbocycles. The standard InChI is InChI=1S/C33H33.C15H14.C5H5.2ClH.Zr/c1-4-5-16-30-24(3)28(19-26-14-10-7-11-15-26)21-33-31-20-27(18-25-12-8-6-9-13-25)23(2)17-29(31)22-32(30)33;1-3-8-14(9-4-1)12-7-13-15-10-5-2-6-11-15;1-2-4-5-3-1;;;/h6-15,17,20-22H,4-5,16,18-19H2,1-3H3;1-6,8-11H,12-13H2;1-3H,4H2;2*1H;/q;;;;;+2/p-2. The number of unbranched alkanes of at least 4 members (excludes halogenated alkanes) is 1. The molecule has 56 heavy (non-hydrogen) atoms. The van der Waals surface area contributed by atoms with Gasteiger partial charge < -0.3 is 24.8 Å². The average molecular weight is 851 g/mol. The van der Waals surface area contributed by atoms with E-state index in [2.05, 4.69) is 179 Å². The summed E-state index contributed by atoms with van der Waals surface area (Å²) in [5, 5.41) is 0. The third-order valence-electron chi connectivity index (χ3n) is 11.8. The smallest absolute Gasteiger partial charge is 1.00 e. The summed E-state index contributed by atoms with van der Waals surface area (Å²) in [7, 11) is 0. The molecule has 0 N–H and O–H groups in total. The number of hydrogen-bond acceptors (Lipinski definition) is 0. The third-order valence-corrected chi connectivity index (χ3v) is 20.1. The van der Waals surface area contributed by atoms with E-state index in [4.69, 9.17) is 0 Å². The van der Waals surface area contributed by atoms with E-state index < -0.39 is 21.3 Å². The second-order valence-corrected chi connectivity index (χ2v) is 22.3. The number of benzene rings is 6. The average Bonchev–Trinajstić information content (AvgIpc) is 3.84. The summed E-state index contributed by atoms with van der Waals surface area (Å²) in [6, 6.07) is 52.8. The normalized spacial score (nSPS) is 13.5. The Morgan fingerprint density at radius 3 is 1.66 bits per heavy atom. The van der Waals surface area contributed by atoms with Crippen LogP contribution in [0.25, 0.3) is 11.1 Å². The van der Waals surface area contributed by atoms with Crippen molar-refractivity contribution in [2.24, 2.45) is 0 Å². The van der Waals surface area contributed by atoms with E-state index in [9.17, 15) is 0 Å². The molecule has 0 aromatic heterocycles. The number of halogens is 2. The quantitative estimate of drug-likeness (QED) is 0.117. The Balaban J connectivity index is 0.00000266. The summed E-state index contributed by atoms with van der Waals surface area (Å²) >= 11 is -2.70. The number of aryl methyl sites for hydroxylation is 1. The predicted molar refractivity (Wildman–Crippen MR) is 227 cm³/mol. The summed E-state index contributed by atoms with van der Waals surface area (Å²) in [5.74, 6) is 0. The van der Waals surface area contributed by atoms with E-state index in [0.29, 0.717) is 3.63 Å². The first-order chi connectivity index (χ1) is 26.6. The number of fused-ring (bicyclic) bond motifs is 3. The number of rotatable bonds is 13. The fourth-order valence-corrected chi connectivity index (χ4v) is 18.4. The fourth-order valence-electron chi connectivity index (χ4n) is 9.06. The molecule has 6 aromatic rings. The van der Waals surface area contributed by atoms with Crippen molar-refractivity contribution in [1.29, 1.82) is 0 Å². The zero-order valence-corrected chi connectivity index (χ0v) is 37.0. The van der Waals surface area contributed by atoms with Gasteiger partial charge in [-0.15, -0.1) is 0 Å². The molecule has 2 aliphatic carbocycles. The molecular weight excluding hydrogens is 799 g/mol. The van der Waals surface area contributed by atoms with Gasteiger partial charge >= 0.3 is 334 Å². The summed E-state index contributed by atoms with van der Waals surface area (Å²) in [5.41, 5.74) is 19.5. The molecule has 0 fully saturated rings. The molecule has 0 radical (unpaired) electrons. The minimum absolute atomic E-state index is 0. The molecule has 0 heterocycles. The van der Waals surface area contributed by atoms with Crippen LogP contribution in [-0.2, 0) is 53.4 Å². The van der Waals surface area contributed by atoms with Crippen LogP contribution in [0.5, 0.6) is 0 Å². The van der Waals surface area contributed by atoms with Gasteiger partial charge in [0.1, 0.15) is 0 Å². The van der Waals surface area contributed by atoms with Crippen LogP contribution in [0.15, 0.2) is 161 Å². The van der Waals surface area contributed by atoms with Crippen LogP contribution in [0.2, 0.25) is 0 Å². The topological polar surface area (TPSA) is 0 Å². The molecule has 282 valence electrons. The first kappa shape index (κ1) is 41.8. The molecule has 8 rings (SSSR count). The van der Waals surface area contributed by atoms with Gasteiger partial charge in [-0.3, -0.25) is 0 Å². The molecule has 0 spiro atoms. The van der Waals surface area contributed by atoms with Crippen LogP contribution in [0.3, 0.4) is 0 Å². The molecular formula is C53H52Cl2Zr. The Morgan fingerprint density at radius 1 is 0.625 bits per heavy atom. The van der Waals surface area contributed by atoms with Crippen LogP contribution in [-0.4, -0.2) is 3.21 Å². The molecule has 0 nitrogen and oxygen atoms in total. The number of hydrogen-bond donors (Lipinski definition) is 0. The van der Waals surface area contributed by atoms with Crippen molar-refractivity contribution < 1.29 is 46.1 Å². The molecule has 2 aliphatic rings. The molecule has 1 unspecified atom stereocenters. The minimum atomic E-state index is -2.70. The van der Waals surface area contributed by atoms with Gasteiger partial charge in [0.15, 0.2) is 0 Å². The Labute approximate surface area is 355 Å². The maximum absolute atomic E-state index is 2.70. The first-order valence-corrected chi connectivity index (χ1v) is 24.0. The maximum Gasteiger partial charge on any atom is -1.00 e. The van der Waals surface area contributed by atoms with Crippen molar-refractivity contribution in [2.75, 3.05) is 0 Å². The van der Waals surface area contributed by atoms with Crippen molar-refractivity contribution in [2.45, 2.75) is 75.8 Å². The summed E-state index contributed by atoms with van der Waals surface area (Å²) < 4.78 is 4.01. The number of allylic oxidation sites excluding steroid dienone is 4. The van der Waals surface area contributed by atoms with Crippen LogP contribution < -0.4 is 24.8 Å². The first-order valence-electron chi connectivity index (χ1n) is 20.1. The summed E-state index contributed by atoms with van der Waals surface area (Å²) in [4.78, 5) is 0. The molecule has 0 aliphatic heterocycles. The molecule has 3 heteroatoms. The second-order valence-electron chi connectivity index (χ2n) is 15.5. The molecule has 0 amide bonds. The van der Waals surface area contributed by atoms with Gasteiger partial charge in [-0.1, -0.05) is 0 Å². The predicted octanol–water partition coefficient (Wildman–Crippen LogP) is 7.03. The Morgan fingerprint density at radius 2 is 1.14 bits per heavy atom. The van der Waals surface area contributed by atoms with Crippen molar-refractivity contribution in [3.8, 4) is 11.1 Å². The van der Waals surface area contributed by atoms with Gasteiger partial charge in [0.05, 0.1) is 0 Å². The van der Waals surface area contributed by atoms with Gasteiger partial charge in [-0.05, 0) is 0 Å². The second kappa shape index (κ2) is 19.5. The van der Waals surface area contributed by atoms with E-state index >= 15 is 0 Å². The fraction of sp³-hybridized carbons (Fsp3) is 0.226. The third kappa shape index (κ3) is 9.13.